The highest BCUT2D eigenvalue weighted by Crippen LogP contribution is 2.27. The number of benzene rings is 1. The third-order valence-electron chi connectivity index (χ3n) is 3.14. The molecule has 0 saturated carbocycles. The van der Waals surface area contributed by atoms with Gasteiger partial charge in [0.2, 0.25) is 0 Å². The molecule has 2 rings (SSSR count). The highest BCUT2D eigenvalue weighted by Gasteiger charge is 2.34. The van der Waals surface area contributed by atoms with Gasteiger partial charge < -0.3 is 10.0 Å². The molecular weight excluding hydrogens is 294 g/mol. The minimum Gasteiger partial charge on any atom is -0.868 e. The number of amides is 1. The van der Waals surface area contributed by atoms with Gasteiger partial charge in [0.25, 0.3) is 11.6 Å². The van der Waals surface area contributed by atoms with Crippen LogP contribution in [-0.2, 0) is 4.79 Å². The van der Waals surface area contributed by atoms with Crippen LogP contribution in [0, 0.1) is 10.1 Å². The first-order valence-electron chi connectivity index (χ1n) is 6.13. The van der Waals surface area contributed by atoms with Crippen LogP contribution in [0.5, 0.6) is 5.75 Å². The minimum absolute atomic E-state index is 0.265. The van der Waals surface area contributed by atoms with Gasteiger partial charge >= 0.3 is 0 Å². The van der Waals surface area contributed by atoms with Crippen LogP contribution in [0.4, 0.5) is 5.69 Å². The molecule has 0 N–H and O–H groups in total. The Kier molecular flexibility index (Phi) is 3.90. The summed E-state index contributed by atoms with van der Waals surface area (Å²) in [6.07, 6.45) is 1.48. The first-order chi connectivity index (χ1) is 9.86. The van der Waals surface area contributed by atoms with Gasteiger partial charge in [-0.3, -0.25) is 19.8 Å². The maximum atomic E-state index is 12.2. The SMILES string of the molecule is CCN1C(=O)/C(=C\c2ccc([O-])c([N+](=O)[O-])c2)N(C)C1=S. The van der Waals surface area contributed by atoms with Gasteiger partial charge in [-0.2, -0.15) is 0 Å². The predicted octanol–water partition coefficient (Wildman–Crippen LogP) is 1.09. The second-order valence-electron chi connectivity index (χ2n) is 4.40. The van der Waals surface area contributed by atoms with E-state index >= 15 is 0 Å². The highest BCUT2D eigenvalue weighted by atomic mass is 32.1. The van der Waals surface area contributed by atoms with Crippen LogP contribution in [0.2, 0.25) is 0 Å². The van der Waals surface area contributed by atoms with Crippen LogP contribution in [-0.4, -0.2) is 39.3 Å². The third kappa shape index (κ3) is 2.57. The van der Waals surface area contributed by atoms with Crippen molar-refractivity contribution in [3.05, 3.63) is 39.6 Å². The van der Waals surface area contributed by atoms with E-state index in [-0.39, 0.29) is 5.91 Å². The largest absolute Gasteiger partial charge is 0.868 e. The molecule has 8 heteroatoms. The van der Waals surface area contributed by atoms with Gasteiger partial charge in [-0.25, -0.2) is 0 Å². The van der Waals surface area contributed by atoms with E-state index in [0.29, 0.717) is 22.9 Å². The van der Waals surface area contributed by atoms with Crippen LogP contribution in [0.1, 0.15) is 12.5 Å². The number of hydrogen-bond acceptors (Lipinski definition) is 5. The summed E-state index contributed by atoms with van der Waals surface area (Å²) in [5.41, 5.74) is 0.194. The van der Waals surface area contributed by atoms with Gasteiger partial charge in [0, 0.05) is 19.7 Å². The van der Waals surface area contributed by atoms with E-state index in [1.165, 1.54) is 21.9 Å². The van der Waals surface area contributed by atoms with Crippen LogP contribution in [0.25, 0.3) is 6.08 Å². The quantitative estimate of drug-likeness (QED) is 0.359. The van der Waals surface area contributed by atoms with E-state index in [9.17, 15) is 20.0 Å². The number of nitro benzene ring substituents is 1. The molecule has 0 aromatic heterocycles. The summed E-state index contributed by atoms with van der Waals surface area (Å²) >= 11 is 5.15. The molecule has 0 spiro atoms. The first-order valence-corrected chi connectivity index (χ1v) is 6.54. The predicted molar refractivity (Wildman–Crippen MR) is 78.3 cm³/mol. The average Bonchev–Trinajstić information content (AvgIpc) is 2.64. The summed E-state index contributed by atoms with van der Waals surface area (Å²) in [5.74, 6) is -0.933. The Labute approximate surface area is 126 Å². The summed E-state index contributed by atoms with van der Waals surface area (Å²) < 4.78 is 0. The molecule has 1 saturated heterocycles. The van der Waals surface area contributed by atoms with E-state index < -0.39 is 16.4 Å². The second-order valence-corrected chi connectivity index (χ2v) is 4.77. The molecule has 1 aromatic rings. The van der Waals surface area contributed by atoms with Crippen LogP contribution in [0.15, 0.2) is 23.9 Å². The zero-order chi connectivity index (χ0) is 15.7. The van der Waals surface area contributed by atoms with Gasteiger partial charge in [0.15, 0.2) is 5.11 Å². The molecule has 1 amide bonds. The topological polar surface area (TPSA) is 89.8 Å². The zero-order valence-electron chi connectivity index (χ0n) is 11.4. The van der Waals surface area contributed by atoms with Gasteiger partial charge in [0.1, 0.15) is 5.70 Å². The lowest BCUT2D eigenvalue weighted by Crippen LogP contribution is -2.30. The lowest BCUT2D eigenvalue weighted by atomic mass is 10.1. The lowest BCUT2D eigenvalue weighted by molar-refractivity contribution is -0.398. The Balaban J connectivity index is 2.45. The van der Waals surface area contributed by atoms with Crippen molar-refractivity contribution in [3.8, 4) is 5.75 Å². The number of rotatable bonds is 3. The molecule has 1 aliphatic rings. The molecule has 0 atom stereocenters. The molecule has 0 bridgehead atoms. The fourth-order valence-corrected chi connectivity index (χ4v) is 2.33. The molecule has 1 aromatic carbocycles. The highest BCUT2D eigenvalue weighted by molar-refractivity contribution is 7.80. The fraction of sp³-hybridized carbons (Fsp3) is 0.231. The molecule has 0 unspecified atom stereocenters. The van der Waals surface area contributed by atoms with E-state index in [2.05, 4.69) is 0 Å². The van der Waals surface area contributed by atoms with E-state index in [4.69, 9.17) is 12.2 Å². The van der Waals surface area contributed by atoms with Crippen molar-refractivity contribution in [1.29, 1.82) is 0 Å². The molecule has 1 heterocycles. The second kappa shape index (κ2) is 5.49. The number of carbonyl (C=O) groups excluding carboxylic acids is 1. The smallest absolute Gasteiger partial charge is 0.276 e. The Morgan fingerprint density at radius 2 is 2.10 bits per heavy atom. The molecule has 1 fully saturated rings. The lowest BCUT2D eigenvalue weighted by Gasteiger charge is -2.13. The number of nitrogens with zero attached hydrogens (tertiary/aromatic N) is 3. The van der Waals surface area contributed by atoms with E-state index in [1.54, 1.807) is 14.0 Å². The van der Waals surface area contributed by atoms with Crippen molar-refractivity contribution in [2.45, 2.75) is 6.92 Å². The van der Waals surface area contributed by atoms with Crippen molar-refractivity contribution < 1.29 is 14.8 Å². The fourth-order valence-electron chi connectivity index (χ4n) is 2.01. The first kappa shape index (κ1) is 14.9. The number of carbonyl (C=O) groups is 1. The van der Waals surface area contributed by atoms with Crippen LogP contribution >= 0.6 is 12.2 Å². The van der Waals surface area contributed by atoms with E-state index in [0.717, 1.165) is 12.1 Å². The Hall–Kier alpha value is -2.48. The van der Waals surface area contributed by atoms with Gasteiger partial charge in [-0.15, -0.1) is 0 Å². The molecule has 110 valence electrons. The number of nitro groups is 1. The molecule has 21 heavy (non-hydrogen) atoms. The normalized spacial score (nSPS) is 17.0. The van der Waals surface area contributed by atoms with Gasteiger partial charge in [-0.05, 0) is 36.5 Å². The van der Waals surface area contributed by atoms with Crippen molar-refractivity contribution in [3.63, 3.8) is 0 Å². The summed E-state index contributed by atoms with van der Waals surface area (Å²) in [7, 11) is 1.65. The van der Waals surface area contributed by atoms with Crippen LogP contribution < -0.4 is 5.11 Å². The van der Waals surface area contributed by atoms with Crippen molar-refractivity contribution >= 4 is 35.0 Å². The zero-order valence-corrected chi connectivity index (χ0v) is 12.2. The van der Waals surface area contributed by atoms with Crippen molar-refractivity contribution in [2.75, 3.05) is 13.6 Å². The maximum absolute atomic E-state index is 12.2. The van der Waals surface area contributed by atoms with E-state index in [1.807, 2.05) is 0 Å². The third-order valence-corrected chi connectivity index (χ3v) is 3.64. The standard InChI is InChI=1S/C13H13N3O4S/c1-3-15-12(18)10(14(2)13(15)21)7-8-4-5-11(17)9(6-8)16(19)20/h4-7,17H,3H2,1-2H3/p-1/b10-7+. The molecule has 1 aliphatic heterocycles. The summed E-state index contributed by atoms with van der Waals surface area (Å²) in [6, 6.07) is 3.69. The Bertz CT molecular complexity index is 671. The number of likely N-dealkylation sites (N-methyl/N-ethyl adjacent to an activating group) is 2. The summed E-state index contributed by atoms with van der Waals surface area (Å²) in [4.78, 5) is 25.2. The average molecular weight is 306 g/mol. The molecular formula is C13H12N3O4S-. The molecule has 0 aliphatic carbocycles. The van der Waals surface area contributed by atoms with Crippen molar-refractivity contribution in [2.24, 2.45) is 0 Å². The van der Waals surface area contributed by atoms with Gasteiger partial charge in [0.05, 0.1) is 4.92 Å². The maximum Gasteiger partial charge on any atom is 0.276 e. The monoisotopic (exact) mass is 306 g/mol. The number of hydrogen-bond donors (Lipinski definition) is 0. The summed E-state index contributed by atoms with van der Waals surface area (Å²) in [5, 5.41) is 22.5. The Morgan fingerprint density at radius 3 is 2.62 bits per heavy atom. The molecule has 0 radical (unpaired) electrons. The van der Waals surface area contributed by atoms with Gasteiger partial charge in [-0.1, -0.05) is 12.1 Å². The molecule has 7 nitrogen and oxygen atoms in total. The van der Waals surface area contributed by atoms with Crippen molar-refractivity contribution in [1.82, 2.24) is 9.80 Å². The minimum atomic E-state index is -0.743. The number of thiocarbonyl (C=S) groups is 1. The van der Waals surface area contributed by atoms with Crippen LogP contribution in [0.3, 0.4) is 0 Å². The summed E-state index contributed by atoms with van der Waals surface area (Å²) in [6.45, 7) is 2.25. The Morgan fingerprint density at radius 1 is 1.43 bits per heavy atom.